The molecular formula is C28H33ClFN7O2. The Morgan fingerprint density at radius 1 is 1.00 bits per heavy atom. The van der Waals surface area contributed by atoms with Crippen molar-refractivity contribution in [1.82, 2.24) is 10.2 Å². The summed E-state index contributed by atoms with van der Waals surface area (Å²) in [7, 11) is 5.33. The first kappa shape index (κ1) is 28.0. The number of hydrogen-bond donors (Lipinski definition) is 4. The molecule has 4 rings (SSSR count). The number of phenolic OH excluding ortho intramolecular Hbond substituents is 1. The number of hydrazine groups is 1. The van der Waals surface area contributed by atoms with Gasteiger partial charge in [0.25, 0.3) is 0 Å². The number of anilines is 4. The number of rotatable bonds is 8. The Kier molecular flexibility index (Phi) is 8.49. The number of phenols is 1. The highest BCUT2D eigenvalue weighted by molar-refractivity contribution is 6.34. The van der Waals surface area contributed by atoms with Gasteiger partial charge in [-0.25, -0.2) is 10.2 Å². The molecule has 6 N–H and O–H groups in total. The maximum Gasteiger partial charge on any atom is 0.218 e. The van der Waals surface area contributed by atoms with Crippen molar-refractivity contribution in [3.8, 4) is 28.0 Å². The number of carbonyl (C=O) groups excluding carboxylic acids is 1. The fourth-order valence-electron chi connectivity index (χ4n) is 4.54. The Hall–Kier alpha value is -3.99. The molecule has 1 saturated heterocycles. The lowest BCUT2D eigenvalue weighted by Gasteiger charge is -2.32. The molecule has 1 heterocycles. The van der Waals surface area contributed by atoms with Crippen LogP contribution in [0.3, 0.4) is 0 Å². The van der Waals surface area contributed by atoms with Gasteiger partial charge in [-0.1, -0.05) is 17.7 Å². The van der Waals surface area contributed by atoms with E-state index in [1.807, 2.05) is 20.2 Å². The maximum absolute atomic E-state index is 15.0. The van der Waals surface area contributed by atoms with Crippen LogP contribution in [0.25, 0.3) is 22.3 Å². The van der Waals surface area contributed by atoms with Gasteiger partial charge in [0.2, 0.25) is 6.41 Å². The van der Waals surface area contributed by atoms with E-state index in [9.17, 15) is 9.90 Å². The van der Waals surface area contributed by atoms with Crippen LogP contribution in [0.5, 0.6) is 5.75 Å². The van der Waals surface area contributed by atoms with Gasteiger partial charge in [-0.3, -0.25) is 9.69 Å². The molecule has 206 valence electrons. The molecule has 11 heteroatoms. The van der Waals surface area contributed by atoms with Crippen LogP contribution in [-0.2, 0) is 4.79 Å². The average Bonchev–Trinajstić information content (AvgIpc) is 2.91. The highest BCUT2D eigenvalue weighted by Gasteiger charge is 2.21. The molecule has 0 aliphatic carbocycles. The van der Waals surface area contributed by atoms with Crippen LogP contribution in [0.2, 0.25) is 5.02 Å². The van der Waals surface area contributed by atoms with Crippen molar-refractivity contribution in [1.29, 1.82) is 0 Å². The largest absolute Gasteiger partial charge is 0.507 e. The SMILES string of the molecule is CN(C)/C=C\N(C=O)c1ccc(-c2cc(F)cc(-c3cc(N(C)N)c(N)c(N4CCNCC4)c3)c2O)cc1Cl. The van der Waals surface area contributed by atoms with Crippen LogP contribution in [0, 0.1) is 5.82 Å². The fraction of sp³-hybridized carbons (Fsp3) is 0.250. The molecule has 0 spiro atoms. The first-order valence-corrected chi connectivity index (χ1v) is 12.8. The van der Waals surface area contributed by atoms with E-state index in [2.05, 4.69) is 10.2 Å². The molecular weight excluding hydrogens is 521 g/mol. The van der Waals surface area contributed by atoms with Gasteiger partial charge >= 0.3 is 0 Å². The number of aromatic hydroxyl groups is 1. The lowest BCUT2D eigenvalue weighted by molar-refractivity contribution is -0.106. The van der Waals surface area contributed by atoms with Crippen molar-refractivity contribution in [2.45, 2.75) is 0 Å². The number of hydrogen-bond acceptors (Lipinski definition) is 8. The van der Waals surface area contributed by atoms with E-state index in [1.54, 1.807) is 48.6 Å². The molecule has 1 amide bonds. The number of nitrogens with one attached hydrogen (secondary N) is 1. The maximum atomic E-state index is 15.0. The monoisotopic (exact) mass is 553 g/mol. The van der Waals surface area contributed by atoms with Crippen LogP contribution in [-0.4, -0.2) is 63.7 Å². The molecule has 39 heavy (non-hydrogen) atoms. The lowest BCUT2D eigenvalue weighted by atomic mass is 9.95. The number of benzene rings is 3. The molecule has 9 nitrogen and oxygen atoms in total. The number of carbonyl (C=O) groups is 1. The van der Waals surface area contributed by atoms with Crippen molar-refractivity contribution in [2.75, 3.05) is 67.9 Å². The number of amides is 1. The minimum absolute atomic E-state index is 0.123. The van der Waals surface area contributed by atoms with Gasteiger partial charge in [-0.15, -0.1) is 0 Å². The average molecular weight is 554 g/mol. The topological polar surface area (TPSA) is 114 Å². The van der Waals surface area contributed by atoms with E-state index in [0.29, 0.717) is 34.6 Å². The normalized spacial score (nSPS) is 13.5. The minimum atomic E-state index is -0.537. The molecule has 0 unspecified atom stereocenters. The summed E-state index contributed by atoms with van der Waals surface area (Å²) in [6.45, 7) is 3.09. The van der Waals surface area contributed by atoms with Gasteiger partial charge in [0.05, 0.1) is 27.8 Å². The number of nitrogens with zero attached hydrogens (tertiary/aromatic N) is 4. The van der Waals surface area contributed by atoms with Gasteiger partial charge < -0.3 is 31.0 Å². The summed E-state index contributed by atoms with van der Waals surface area (Å²) < 4.78 is 15.0. The third kappa shape index (κ3) is 6.03. The summed E-state index contributed by atoms with van der Waals surface area (Å²) in [4.78, 5) is 16.9. The summed E-state index contributed by atoms with van der Waals surface area (Å²) >= 11 is 6.53. The van der Waals surface area contributed by atoms with Gasteiger partial charge in [-0.2, -0.15) is 0 Å². The van der Waals surface area contributed by atoms with Crippen molar-refractivity contribution in [3.63, 3.8) is 0 Å². The second-order valence-electron chi connectivity index (χ2n) is 9.57. The van der Waals surface area contributed by atoms with Crippen LogP contribution < -0.4 is 31.7 Å². The summed E-state index contributed by atoms with van der Waals surface area (Å²) in [6, 6.07) is 11.0. The Morgan fingerprint density at radius 2 is 1.67 bits per heavy atom. The van der Waals surface area contributed by atoms with Gasteiger partial charge in [0.1, 0.15) is 11.6 Å². The van der Waals surface area contributed by atoms with Gasteiger partial charge in [0, 0.05) is 70.8 Å². The zero-order valence-electron chi connectivity index (χ0n) is 22.2. The number of piperazine rings is 1. The Bertz CT molecular complexity index is 1390. The highest BCUT2D eigenvalue weighted by Crippen LogP contribution is 2.44. The predicted molar refractivity (Wildman–Crippen MR) is 157 cm³/mol. The summed E-state index contributed by atoms with van der Waals surface area (Å²) in [5, 5.41) is 16.4. The van der Waals surface area contributed by atoms with Crippen LogP contribution in [0.4, 0.5) is 27.1 Å². The van der Waals surface area contributed by atoms with Crippen LogP contribution in [0.1, 0.15) is 0 Å². The Balaban J connectivity index is 1.81. The summed E-state index contributed by atoms with van der Waals surface area (Å²) in [6.07, 6.45) is 3.92. The Morgan fingerprint density at radius 3 is 2.26 bits per heavy atom. The molecule has 3 aromatic rings. The van der Waals surface area contributed by atoms with E-state index in [1.165, 1.54) is 22.0 Å². The highest BCUT2D eigenvalue weighted by atomic mass is 35.5. The quantitative estimate of drug-likeness (QED) is 0.144. The van der Waals surface area contributed by atoms with Crippen molar-refractivity contribution in [3.05, 3.63) is 65.7 Å². The van der Waals surface area contributed by atoms with E-state index in [-0.39, 0.29) is 21.9 Å². The van der Waals surface area contributed by atoms with Gasteiger partial charge in [0.15, 0.2) is 0 Å². The van der Waals surface area contributed by atoms with Crippen LogP contribution in [0.15, 0.2) is 54.9 Å². The van der Waals surface area contributed by atoms with E-state index >= 15 is 4.39 Å². The molecule has 0 saturated carbocycles. The number of nitrogens with two attached hydrogens (primary N) is 2. The second-order valence-corrected chi connectivity index (χ2v) is 9.97. The van der Waals surface area contributed by atoms with Gasteiger partial charge in [-0.05, 0) is 47.5 Å². The number of nitrogen functional groups attached to an aromatic ring is 1. The van der Waals surface area contributed by atoms with E-state index in [4.69, 9.17) is 23.2 Å². The molecule has 0 bridgehead atoms. The molecule has 1 fully saturated rings. The predicted octanol–water partition coefficient (Wildman–Crippen LogP) is 3.82. The minimum Gasteiger partial charge on any atom is -0.507 e. The standard InChI is InChI=1S/C28H33ClFN7O2/c1-34(2)10-11-37(17-38)24-5-4-18(12-23(24)29)21-15-20(30)16-22(28(21)39)19-13-25(35(3)32)27(31)26(14-19)36-8-6-33-7-9-36/h4-5,10-17,33,39H,6-9,31-32H2,1-3H3/b11-10-. The zero-order chi connectivity index (χ0) is 28.3. The zero-order valence-corrected chi connectivity index (χ0v) is 22.9. The fourth-order valence-corrected chi connectivity index (χ4v) is 4.82. The molecule has 1 aliphatic heterocycles. The summed E-state index contributed by atoms with van der Waals surface area (Å²) in [5.41, 5.74) is 10.3. The second kappa shape index (κ2) is 11.8. The first-order chi connectivity index (χ1) is 18.6. The molecule has 1 aliphatic rings. The molecule has 0 radical (unpaired) electrons. The van der Waals surface area contributed by atoms with E-state index in [0.717, 1.165) is 31.9 Å². The van der Waals surface area contributed by atoms with Crippen molar-refractivity contribution >= 4 is 40.8 Å². The lowest BCUT2D eigenvalue weighted by Crippen LogP contribution is -2.44. The van der Waals surface area contributed by atoms with Crippen LogP contribution >= 0.6 is 11.6 Å². The molecule has 0 atom stereocenters. The smallest absolute Gasteiger partial charge is 0.218 e. The third-order valence-corrected chi connectivity index (χ3v) is 6.84. The Labute approximate surface area is 232 Å². The van der Waals surface area contributed by atoms with E-state index < -0.39 is 5.82 Å². The molecule has 3 aromatic carbocycles. The summed E-state index contributed by atoms with van der Waals surface area (Å²) in [5.74, 6) is 5.43. The molecule has 0 aromatic heterocycles. The third-order valence-electron chi connectivity index (χ3n) is 6.54. The first-order valence-electron chi connectivity index (χ1n) is 12.4. The van der Waals surface area contributed by atoms with Crippen molar-refractivity contribution < 1.29 is 14.3 Å². The van der Waals surface area contributed by atoms with Crippen molar-refractivity contribution in [2.24, 2.45) is 5.84 Å². The number of halogens is 2.